The number of fused-ring (bicyclic) bond motifs is 1. The second-order valence-corrected chi connectivity index (χ2v) is 5.59. The molecule has 0 bridgehead atoms. The fourth-order valence-corrected chi connectivity index (χ4v) is 2.21. The average Bonchev–Trinajstić information content (AvgIpc) is 2.92. The zero-order chi connectivity index (χ0) is 15.1. The summed E-state index contributed by atoms with van der Waals surface area (Å²) in [6.45, 7) is 10.6. The van der Waals surface area contributed by atoms with E-state index in [2.05, 4.69) is 31.0 Å². The van der Waals surface area contributed by atoms with Gasteiger partial charge in [0.15, 0.2) is 11.5 Å². The Morgan fingerprint density at radius 2 is 2.19 bits per heavy atom. The SMILES string of the molecule is C=C(C)COCCNC(C)CCc1ccc2c(c1)OCO2. The molecule has 1 aliphatic rings. The predicted molar refractivity (Wildman–Crippen MR) is 84.0 cm³/mol. The van der Waals surface area contributed by atoms with Crippen molar-refractivity contribution in [1.82, 2.24) is 5.32 Å². The van der Waals surface area contributed by atoms with Gasteiger partial charge in [0.2, 0.25) is 6.79 Å². The van der Waals surface area contributed by atoms with Gasteiger partial charge in [0, 0.05) is 12.6 Å². The van der Waals surface area contributed by atoms with Crippen molar-refractivity contribution in [3.63, 3.8) is 0 Å². The summed E-state index contributed by atoms with van der Waals surface area (Å²) in [6, 6.07) is 6.63. The lowest BCUT2D eigenvalue weighted by molar-refractivity contribution is 0.155. The Kier molecular flexibility index (Phi) is 6.08. The first-order valence-corrected chi connectivity index (χ1v) is 7.49. The summed E-state index contributed by atoms with van der Waals surface area (Å²) in [5.74, 6) is 1.71. The van der Waals surface area contributed by atoms with Gasteiger partial charge in [-0.15, -0.1) is 0 Å². The van der Waals surface area contributed by atoms with Gasteiger partial charge in [0.05, 0.1) is 13.2 Å². The number of benzene rings is 1. The largest absolute Gasteiger partial charge is 0.454 e. The highest BCUT2D eigenvalue weighted by molar-refractivity contribution is 5.44. The van der Waals surface area contributed by atoms with E-state index >= 15 is 0 Å². The van der Waals surface area contributed by atoms with Crippen LogP contribution in [0.1, 0.15) is 25.8 Å². The zero-order valence-electron chi connectivity index (χ0n) is 13.0. The standard InChI is InChI=1S/C17H25NO3/c1-13(2)11-19-9-8-18-14(3)4-5-15-6-7-16-17(10-15)21-12-20-16/h6-7,10,14,18H,1,4-5,8-9,11-12H2,2-3H3. The minimum Gasteiger partial charge on any atom is -0.454 e. The fraction of sp³-hybridized carbons (Fsp3) is 0.529. The minimum absolute atomic E-state index is 0.334. The van der Waals surface area contributed by atoms with Crippen molar-refractivity contribution >= 4 is 0 Å². The summed E-state index contributed by atoms with van der Waals surface area (Å²) in [5, 5.41) is 3.47. The summed E-state index contributed by atoms with van der Waals surface area (Å²) in [4.78, 5) is 0. The van der Waals surface area contributed by atoms with Crippen LogP contribution in [0.3, 0.4) is 0 Å². The molecule has 0 fully saturated rings. The highest BCUT2D eigenvalue weighted by atomic mass is 16.7. The van der Waals surface area contributed by atoms with Crippen molar-refractivity contribution in [2.45, 2.75) is 32.7 Å². The van der Waals surface area contributed by atoms with Crippen LogP contribution in [0, 0.1) is 0 Å². The van der Waals surface area contributed by atoms with E-state index in [0.29, 0.717) is 19.4 Å². The number of ether oxygens (including phenoxy) is 3. The second kappa shape index (κ2) is 8.05. The van der Waals surface area contributed by atoms with E-state index in [-0.39, 0.29) is 0 Å². The molecule has 1 unspecified atom stereocenters. The topological polar surface area (TPSA) is 39.7 Å². The Morgan fingerprint density at radius 3 is 3.00 bits per heavy atom. The fourth-order valence-electron chi connectivity index (χ4n) is 2.21. The molecule has 0 aliphatic carbocycles. The first-order valence-electron chi connectivity index (χ1n) is 7.49. The lowest BCUT2D eigenvalue weighted by Gasteiger charge is -2.14. The number of aryl methyl sites for hydroxylation is 1. The maximum Gasteiger partial charge on any atom is 0.231 e. The van der Waals surface area contributed by atoms with Crippen LogP contribution < -0.4 is 14.8 Å². The third-order valence-electron chi connectivity index (χ3n) is 3.39. The van der Waals surface area contributed by atoms with Crippen LogP contribution in [-0.2, 0) is 11.2 Å². The monoisotopic (exact) mass is 291 g/mol. The summed E-state index contributed by atoms with van der Waals surface area (Å²) in [7, 11) is 0. The maximum absolute atomic E-state index is 5.47. The van der Waals surface area contributed by atoms with Gasteiger partial charge >= 0.3 is 0 Å². The van der Waals surface area contributed by atoms with Gasteiger partial charge in [-0.05, 0) is 44.4 Å². The average molecular weight is 291 g/mol. The van der Waals surface area contributed by atoms with Crippen molar-refractivity contribution in [2.75, 3.05) is 26.6 Å². The molecule has 0 saturated heterocycles. The van der Waals surface area contributed by atoms with Gasteiger partial charge < -0.3 is 19.5 Å². The molecule has 116 valence electrons. The van der Waals surface area contributed by atoms with Crippen molar-refractivity contribution in [2.24, 2.45) is 0 Å². The van der Waals surface area contributed by atoms with E-state index in [1.165, 1.54) is 5.56 Å². The van der Waals surface area contributed by atoms with Crippen molar-refractivity contribution in [3.05, 3.63) is 35.9 Å². The zero-order valence-corrected chi connectivity index (χ0v) is 13.0. The van der Waals surface area contributed by atoms with E-state index < -0.39 is 0 Å². The van der Waals surface area contributed by atoms with Crippen LogP contribution in [0.2, 0.25) is 0 Å². The van der Waals surface area contributed by atoms with Gasteiger partial charge in [-0.2, -0.15) is 0 Å². The molecule has 1 aromatic carbocycles. The summed E-state index contributed by atoms with van der Waals surface area (Å²) < 4.78 is 16.2. The van der Waals surface area contributed by atoms with Crippen molar-refractivity contribution in [1.29, 1.82) is 0 Å². The van der Waals surface area contributed by atoms with Gasteiger partial charge in [0.25, 0.3) is 0 Å². The van der Waals surface area contributed by atoms with E-state index in [1.807, 2.05) is 13.0 Å². The lowest BCUT2D eigenvalue weighted by Crippen LogP contribution is -2.30. The molecule has 1 heterocycles. The van der Waals surface area contributed by atoms with E-state index in [9.17, 15) is 0 Å². The number of rotatable bonds is 9. The van der Waals surface area contributed by atoms with Crippen molar-refractivity contribution in [3.8, 4) is 11.5 Å². The van der Waals surface area contributed by atoms with Crippen LogP contribution in [0.15, 0.2) is 30.4 Å². The van der Waals surface area contributed by atoms with Crippen LogP contribution in [0.4, 0.5) is 0 Å². The molecule has 0 saturated carbocycles. The quantitative estimate of drug-likeness (QED) is 0.561. The first kappa shape index (κ1) is 15.9. The highest BCUT2D eigenvalue weighted by Crippen LogP contribution is 2.32. The third-order valence-corrected chi connectivity index (χ3v) is 3.39. The molecule has 0 radical (unpaired) electrons. The molecular weight excluding hydrogens is 266 g/mol. The smallest absolute Gasteiger partial charge is 0.231 e. The Labute approximate surface area is 127 Å². The molecular formula is C17H25NO3. The Hall–Kier alpha value is -1.52. The molecule has 1 aromatic rings. The molecule has 0 amide bonds. The maximum atomic E-state index is 5.47. The van der Waals surface area contributed by atoms with Gasteiger partial charge in [-0.25, -0.2) is 0 Å². The van der Waals surface area contributed by atoms with E-state index in [4.69, 9.17) is 14.2 Å². The molecule has 4 nitrogen and oxygen atoms in total. The van der Waals surface area contributed by atoms with Gasteiger partial charge in [0.1, 0.15) is 0 Å². The Bertz CT molecular complexity index is 473. The summed E-state index contributed by atoms with van der Waals surface area (Å²) >= 11 is 0. The van der Waals surface area contributed by atoms with Crippen LogP contribution in [0.25, 0.3) is 0 Å². The molecule has 1 N–H and O–H groups in total. The molecule has 1 aliphatic heterocycles. The molecule has 0 aromatic heterocycles. The Morgan fingerprint density at radius 1 is 1.38 bits per heavy atom. The van der Waals surface area contributed by atoms with Crippen LogP contribution >= 0.6 is 0 Å². The van der Waals surface area contributed by atoms with Crippen molar-refractivity contribution < 1.29 is 14.2 Å². The van der Waals surface area contributed by atoms with E-state index in [1.54, 1.807) is 0 Å². The predicted octanol–water partition coefficient (Wildman–Crippen LogP) is 2.92. The highest BCUT2D eigenvalue weighted by Gasteiger charge is 2.13. The van der Waals surface area contributed by atoms with Gasteiger partial charge in [-0.3, -0.25) is 0 Å². The second-order valence-electron chi connectivity index (χ2n) is 5.59. The molecule has 4 heteroatoms. The number of hydrogen-bond acceptors (Lipinski definition) is 4. The normalized spacial score (nSPS) is 14.2. The molecule has 0 spiro atoms. The Balaban J connectivity index is 1.62. The first-order chi connectivity index (χ1) is 10.1. The number of nitrogens with one attached hydrogen (secondary N) is 1. The molecule has 2 rings (SSSR count). The third kappa shape index (κ3) is 5.40. The van der Waals surface area contributed by atoms with Crippen LogP contribution in [-0.4, -0.2) is 32.6 Å². The van der Waals surface area contributed by atoms with E-state index in [0.717, 1.165) is 43.1 Å². The molecule has 1 atom stereocenters. The number of hydrogen-bond donors (Lipinski definition) is 1. The van der Waals surface area contributed by atoms with Gasteiger partial charge in [-0.1, -0.05) is 18.2 Å². The lowest BCUT2D eigenvalue weighted by atomic mass is 10.1. The minimum atomic E-state index is 0.334. The summed E-state index contributed by atoms with van der Waals surface area (Å²) in [6.07, 6.45) is 2.11. The molecule has 21 heavy (non-hydrogen) atoms. The van der Waals surface area contributed by atoms with Crippen LogP contribution in [0.5, 0.6) is 11.5 Å². The summed E-state index contributed by atoms with van der Waals surface area (Å²) in [5.41, 5.74) is 2.34.